The lowest BCUT2D eigenvalue weighted by atomic mass is 10.0. The molecule has 0 saturated carbocycles. The van der Waals surface area contributed by atoms with Crippen LogP contribution in [0, 0.1) is 20.8 Å². The molecule has 0 unspecified atom stereocenters. The monoisotopic (exact) mass is 428 g/mol. The second kappa shape index (κ2) is 8.75. The normalized spacial score (nSPS) is 10.9. The van der Waals surface area contributed by atoms with Gasteiger partial charge in [-0.2, -0.15) is 0 Å². The second-order valence-corrected chi connectivity index (χ2v) is 8.20. The highest BCUT2D eigenvalue weighted by Gasteiger charge is 2.12. The number of rotatable bonds is 4. The van der Waals surface area contributed by atoms with Gasteiger partial charge < -0.3 is 0 Å². The molecule has 4 nitrogen and oxygen atoms in total. The Labute approximate surface area is 194 Å². The molecule has 0 saturated heterocycles. The van der Waals surface area contributed by atoms with Crippen LogP contribution < -0.4 is 0 Å². The molecule has 0 N–H and O–H groups in total. The molecule has 0 spiro atoms. The average molecular weight is 429 g/mol. The van der Waals surface area contributed by atoms with Gasteiger partial charge in [-0.1, -0.05) is 84.4 Å². The van der Waals surface area contributed by atoms with Crippen LogP contribution in [0.4, 0.5) is 0 Å². The van der Waals surface area contributed by atoms with Gasteiger partial charge in [-0.05, 0) is 31.9 Å². The molecule has 2 aromatic heterocycles. The molecule has 4 heteroatoms. The highest BCUT2D eigenvalue weighted by Crippen LogP contribution is 2.29. The molecule has 0 aliphatic rings. The summed E-state index contributed by atoms with van der Waals surface area (Å²) in [5.74, 6) is 1.47. The number of hydrogen-bond acceptors (Lipinski definition) is 4. The van der Waals surface area contributed by atoms with Gasteiger partial charge in [0.2, 0.25) is 0 Å². The summed E-state index contributed by atoms with van der Waals surface area (Å²) >= 11 is 0. The molecule has 2 heterocycles. The third-order valence-electron chi connectivity index (χ3n) is 5.77. The summed E-state index contributed by atoms with van der Waals surface area (Å²) in [6.07, 6.45) is 3.76. The third kappa shape index (κ3) is 4.28. The first-order valence-electron chi connectivity index (χ1n) is 11.0. The van der Waals surface area contributed by atoms with E-state index < -0.39 is 0 Å². The van der Waals surface area contributed by atoms with E-state index in [0.717, 1.165) is 50.6 Å². The van der Waals surface area contributed by atoms with E-state index >= 15 is 0 Å². The lowest BCUT2D eigenvalue weighted by Crippen LogP contribution is -1.99. The predicted octanol–water partition coefficient (Wildman–Crippen LogP) is 6.86. The van der Waals surface area contributed by atoms with Gasteiger partial charge in [-0.15, -0.1) is 0 Å². The quantitative estimate of drug-likeness (QED) is 0.314. The van der Waals surface area contributed by atoms with E-state index in [2.05, 4.69) is 65.4 Å². The number of aryl methyl sites for hydroxylation is 3. The molecule has 0 aliphatic carbocycles. The summed E-state index contributed by atoms with van der Waals surface area (Å²) in [6, 6.07) is 26.8. The molecule has 5 aromatic rings. The van der Waals surface area contributed by atoms with Crippen LogP contribution in [0.15, 0.2) is 91.3 Å². The number of benzene rings is 3. The van der Waals surface area contributed by atoms with E-state index in [4.69, 9.17) is 9.97 Å². The second-order valence-electron chi connectivity index (χ2n) is 8.20. The van der Waals surface area contributed by atoms with E-state index in [0.29, 0.717) is 5.82 Å². The van der Waals surface area contributed by atoms with E-state index in [1.807, 2.05) is 56.6 Å². The van der Waals surface area contributed by atoms with Crippen LogP contribution in [0.2, 0.25) is 0 Å². The van der Waals surface area contributed by atoms with Crippen LogP contribution in [-0.4, -0.2) is 19.9 Å². The summed E-state index contributed by atoms with van der Waals surface area (Å²) in [7, 11) is 0. The molecule has 0 aliphatic heterocycles. The zero-order chi connectivity index (χ0) is 22.8. The van der Waals surface area contributed by atoms with Crippen molar-refractivity contribution in [2.75, 3.05) is 0 Å². The Hall–Kier alpha value is -4.18. The molecule has 0 fully saturated rings. The molecule has 33 heavy (non-hydrogen) atoms. The summed E-state index contributed by atoms with van der Waals surface area (Å²) in [5.41, 5.74) is 9.46. The number of aromatic nitrogens is 4. The molecular formula is C29H24N4. The lowest BCUT2D eigenvalue weighted by Gasteiger charge is -2.12. The van der Waals surface area contributed by atoms with Crippen LogP contribution in [0.25, 0.3) is 45.0 Å². The Balaban J connectivity index is 1.41. The van der Waals surface area contributed by atoms with Crippen LogP contribution in [-0.2, 0) is 0 Å². The van der Waals surface area contributed by atoms with Gasteiger partial charge in [0.25, 0.3) is 0 Å². The molecule has 0 bridgehead atoms. The van der Waals surface area contributed by atoms with Crippen molar-refractivity contribution in [2.45, 2.75) is 20.8 Å². The fourth-order valence-electron chi connectivity index (χ4n) is 4.01. The smallest absolute Gasteiger partial charge is 0.159 e. The van der Waals surface area contributed by atoms with Crippen molar-refractivity contribution in [3.05, 3.63) is 108 Å². The van der Waals surface area contributed by atoms with Gasteiger partial charge >= 0.3 is 0 Å². The summed E-state index contributed by atoms with van der Waals surface area (Å²) in [6.45, 7) is 6.16. The van der Waals surface area contributed by atoms with Gasteiger partial charge in [0.05, 0.1) is 0 Å². The van der Waals surface area contributed by atoms with Gasteiger partial charge in [-0.25, -0.2) is 19.9 Å². The van der Waals surface area contributed by atoms with Crippen molar-refractivity contribution in [1.82, 2.24) is 19.9 Å². The van der Waals surface area contributed by atoms with Crippen molar-refractivity contribution in [1.29, 1.82) is 0 Å². The summed E-state index contributed by atoms with van der Waals surface area (Å²) in [4.78, 5) is 18.7. The topological polar surface area (TPSA) is 51.6 Å². The summed E-state index contributed by atoms with van der Waals surface area (Å²) in [5, 5.41) is 0. The molecule has 160 valence electrons. The molecular weight excluding hydrogens is 404 g/mol. The largest absolute Gasteiger partial charge is 0.236 e. The molecule has 0 amide bonds. The van der Waals surface area contributed by atoms with Crippen LogP contribution in [0.1, 0.15) is 17.0 Å². The molecule has 0 radical (unpaired) electrons. The van der Waals surface area contributed by atoms with Crippen molar-refractivity contribution in [2.24, 2.45) is 0 Å². The maximum Gasteiger partial charge on any atom is 0.159 e. The molecule has 0 atom stereocenters. The van der Waals surface area contributed by atoms with Gasteiger partial charge in [0.1, 0.15) is 0 Å². The zero-order valence-electron chi connectivity index (χ0n) is 18.9. The van der Waals surface area contributed by atoms with Crippen molar-refractivity contribution in [3.63, 3.8) is 0 Å². The van der Waals surface area contributed by atoms with Gasteiger partial charge in [-0.3, -0.25) is 0 Å². The highest BCUT2D eigenvalue weighted by molar-refractivity contribution is 5.73. The minimum Gasteiger partial charge on any atom is -0.236 e. The van der Waals surface area contributed by atoms with Gasteiger partial charge in [0, 0.05) is 46.0 Å². The highest BCUT2D eigenvalue weighted by atomic mass is 14.9. The van der Waals surface area contributed by atoms with E-state index in [9.17, 15) is 0 Å². The minimum absolute atomic E-state index is 0.710. The Kier molecular flexibility index (Phi) is 5.49. The zero-order valence-corrected chi connectivity index (χ0v) is 18.9. The van der Waals surface area contributed by atoms with Crippen molar-refractivity contribution in [3.8, 4) is 45.0 Å². The fraction of sp³-hybridized carbons (Fsp3) is 0.103. The predicted molar refractivity (Wildman–Crippen MR) is 134 cm³/mol. The fourth-order valence-corrected chi connectivity index (χ4v) is 4.01. The van der Waals surface area contributed by atoms with E-state index in [-0.39, 0.29) is 0 Å². The SMILES string of the molecule is Cc1ccc(-c2cnc(-c3ccc(-c4c(C)nc(-c5ccccc5)nc4C)cc3)nc2)cc1. The maximum absolute atomic E-state index is 4.77. The number of hydrogen-bond donors (Lipinski definition) is 0. The molecule has 5 rings (SSSR count). The minimum atomic E-state index is 0.710. The third-order valence-corrected chi connectivity index (χ3v) is 5.77. The first-order valence-corrected chi connectivity index (χ1v) is 11.0. The first-order chi connectivity index (χ1) is 16.1. The van der Waals surface area contributed by atoms with Crippen LogP contribution >= 0.6 is 0 Å². The van der Waals surface area contributed by atoms with E-state index in [1.54, 1.807) is 0 Å². The standard InChI is InChI=1S/C29H24N4/c1-19-9-11-22(12-10-19)26-17-30-28(31-18-26)25-15-13-23(14-16-25)27-20(2)32-29(33-21(27)3)24-7-5-4-6-8-24/h4-18H,1-3H3. The lowest BCUT2D eigenvalue weighted by molar-refractivity contribution is 1.07. The Morgan fingerprint density at radius 1 is 0.455 bits per heavy atom. The maximum atomic E-state index is 4.77. The van der Waals surface area contributed by atoms with Crippen LogP contribution in [0.3, 0.4) is 0 Å². The molecule has 3 aromatic carbocycles. The Morgan fingerprint density at radius 2 is 0.970 bits per heavy atom. The first kappa shape index (κ1) is 20.7. The van der Waals surface area contributed by atoms with Crippen molar-refractivity contribution >= 4 is 0 Å². The van der Waals surface area contributed by atoms with E-state index in [1.165, 1.54) is 5.56 Å². The Morgan fingerprint density at radius 3 is 1.58 bits per heavy atom. The Bertz CT molecular complexity index is 1370. The van der Waals surface area contributed by atoms with Crippen LogP contribution in [0.5, 0.6) is 0 Å². The average Bonchev–Trinajstić information content (AvgIpc) is 2.85. The van der Waals surface area contributed by atoms with Crippen molar-refractivity contribution < 1.29 is 0 Å². The number of nitrogens with zero attached hydrogens (tertiary/aromatic N) is 4. The van der Waals surface area contributed by atoms with Gasteiger partial charge in [0.15, 0.2) is 11.6 Å². The summed E-state index contributed by atoms with van der Waals surface area (Å²) < 4.78 is 0.